The molecule has 0 atom stereocenters. The molecule has 0 unspecified atom stereocenters. The monoisotopic (exact) mass is 498 g/mol. The molecule has 1 aromatic heterocycles. The van der Waals surface area contributed by atoms with Crippen molar-refractivity contribution in [2.45, 2.75) is 0 Å². The number of hydrogen-bond donors (Lipinski definition) is 2. The summed E-state index contributed by atoms with van der Waals surface area (Å²) < 4.78 is 7.55. The number of rotatable bonds is 8. The molecule has 10 heteroatoms. The second kappa shape index (κ2) is 9.49. The number of fused-ring (bicyclic) bond motifs is 1. The zero-order valence-electron chi connectivity index (χ0n) is 15.3. The quantitative estimate of drug-likeness (QED) is 0.253. The first-order valence-electron chi connectivity index (χ1n) is 8.42. The predicted octanol–water partition coefficient (Wildman–Crippen LogP) is 5.21. The third-order valence-corrected chi connectivity index (χ3v) is 5.16. The first-order valence-corrected chi connectivity index (χ1v) is 9.97. The highest BCUT2D eigenvalue weighted by Crippen LogP contribution is 2.37. The van der Waals surface area contributed by atoms with E-state index < -0.39 is 5.91 Å². The number of imidazole rings is 1. The number of hydroxylamine groups is 1. The van der Waals surface area contributed by atoms with Gasteiger partial charge in [-0.3, -0.25) is 9.63 Å². The van der Waals surface area contributed by atoms with Crippen molar-refractivity contribution in [3.8, 4) is 0 Å². The third-order valence-electron chi connectivity index (χ3n) is 3.98. The van der Waals surface area contributed by atoms with Crippen LogP contribution in [0.2, 0.25) is 10.0 Å². The van der Waals surface area contributed by atoms with Crippen molar-refractivity contribution >= 4 is 67.4 Å². The summed E-state index contributed by atoms with van der Waals surface area (Å²) in [7, 11) is 1.81. The van der Waals surface area contributed by atoms with Crippen LogP contribution in [-0.2, 0) is 16.6 Å². The first-order chi connectivity index (χ1) is 13.9. The van der Waals surface area contributed by atoms with Crippen LogP contribution in [0.5, 0.6) is 0 Å². The average Bonchev–Trinajstić information content (AvgIpc) is 3.06. The molecule has 0 aliphatic carbocycles. The van der Waals surface area contributed by atoms with Gasteiger partial charge in [0.25, 0.3) is 5.91 Å². The van der Waals surface area contributed by atoms with Gasteiger partial charge in [-0.2, -0.15) is 0 Å². The largest absolute Gasteiger partial charge is 0.499 e. The summed E-state index contributed by atoms with van der Waals surface area (Å²) in [4.78, 5) is 22.3. The lowest BCUT2D eigenvalue weighted by molar-refractivity contribution is 0.0145. The summed E-state index contributed by atoms with van der Waals surface area (Å²) in [5.41, 5.74) is 4.87. The van der Waals surface area contributed by atoms with Crippen LogP contribution in [0.4, 0.5) is 11.4 Å². The predicted molar refractivity (Wildman–Crippen MR) is 118 cm³/mol. The molecule has 0 aliphatic rings. The van der Waals surface area contributed by atoms with Gasteiger partial charge in [-0.05, 0) is 24.3 Å². The van der Waals surface area contributed by atoms with Crippen LogP contribution in [0.3, 0.4) is 0 Å². The van der Waals surface area contributed by atoms with Crippen LogP contribution in [0, 0.1) is 0 Å². The molecule has 7 nitrogen and oxygen atoms in total. The lowest BCUT2D eigenvalue weighted by Gasteiger charge is -2.16. The number of aryl methyl sites for hydroxylation is 1. The van der Waals surface area contributed by atoms with E-state index in [-0.39, 0.29) is 18.8 Å². The second-order valence-electron chi connectivity index (χ2n) is 5.90. The smallest absolute Gasteiger partial charge is 0.277 e. The minimum absolute atomic E-state index is 0.154. The van der Waals surface area contributed by atoms with Gasteiger partial charge in [0.05, 0.1) is 45.1 Å². The van der Waals surface area contributed by atoms with Crippen LogP contribution < -0.4 is 10.8 Å². The molecule has 0 saturated heterocycles. The van der Waals surface area contributed by atoms with E-state index >= 15 is 0 Å². The van der Waals surface area contributed by atoms with Gasteiger partial charge in [0.15, 0.2) is 0 Å². The average molecular weight is 500 g/mol. The van der Waals surface area contributed by atoms with Crippen molar-refractivity contribution in [2.24, 2.45) is 7.05 Å². The normalized spacial score (nSPS) is 10.8. The molecule has 2 N–H and O–H groups in total. The van der Waals surface area contributed by atoms with Gasteiger partial charge in [0.1, 0.15) is 18.7 Å². The number of carbonyl (C=O) groups is 1. The first kappa shape index (κ1) is 21.4. The molecule has 3 aromatic rings. The van der Waals surface area contributed by atoms with Crippen molar-refractivity contribution in [3.05, 3.63) is 63.5 Å². The topological polar surface area (TPSA) is 77.4 Å². The number of nitrogens with zero attached hydrogens (tertiary/aromatic N) is 2. The number of halogens is 3. The molecule has 2 aromatic carbocycles. The van der Waals surface area contributed by atoms with Gasteiger partial charge in [-0.25, -0.2) is 10.5 Å². The molecule has 0 saturated carbocycles. The summed E-state index contributed by atoms with van der Waals surface area (Å²) in [6.45, 7) is 3.85. The Morgan fingerprint density at radius 2 is 2.14 bits per heavy atom. The molecule has 0 spiro atoms. The fourth-order valence-electron chi connectivity index (χ4n) is 2.60. The fraction of sp³-hybridized carbons (Fsp3) is 0.158. The Balaban J connectivity index is 1.97. The van der Waals surface area contributed by atoms with E-state index in [9.17, 15) is 4.79 Å². The highest BCUT2D eigenvalue weighted by molar-refractivity contribution is 9.10. The zero-order chi connectivity index (χ0) is 21.0. The molecule has 1 heterocycles. The van der Waals surface area contributed by atoms with E-state index in [1.54, 1.807) is 29.1 Å². The fourth-order valence-corrected chi connectivity index (χ4v) is 3.61. The van der Waals surface area contributed by atoms with Crippen molar-refractivity contribution in [1.82, 2.24) is 15.0 Å². The molecule has 1 amide bonds. The van der Waals surface area contributed by atoms with Gasteiger partial charge in [-0.15, -0.1) is 0 Å². The maximum atomic E-state index is 12.8. The molecule has 0 bridgehead atoms. The summed E-state index contributed by atoms with van der Waals surface area (Å²) in [6.07, 6.45) is 2.92. The van der Waals surface area contributed by atoms with Crippen LogP contribution in [-0.4, -0.2) is 28.7 Å². The van der Waals surface area contributed by atoms with E-state index in [1.165, 1.54) is 6.26 Å². The van der Waals surface area contributed by atoms with E-state index in [0.717, 1.165) is 4.47 Å². The van der Waals surface area contributed by atoms with E-state index in [2.05, 4.69) is 38.3 Å². The SMILES string of the molecule is C=COCCONC(=O)c1cc2c(ncn2C)c(Cl)c1Nc1ccc(Br)cc1Cl. The molecule has 152 valence electrons. The number of benzene rings is 2. The summed E-state index contributed by atoms with van der Waals surface area (Å²) >= 11 is 16.3. The summed E-state index contributed by atoms with van der Waals surface area (Å²) in [5, 5.41) is 3.89. The number of carbonyl (C=O) groups excluding carboxylic acids is 1. The summed E-state index contributed by atoms with van der Waals surface area (Å²) in [5.74, 6) is -0.482. The molecule has 29 heavy (non-hydrogen) atoms. The third kappa shape index (κ3) is 4.84. The highest BCUT2D eigenvalue weighted by atomic mass is 79.9. The molecular formula is C19H17BrCl2N4O3. The lowest BCUT2D eigenvalue weighted by atomic mass is 10.1. The summed E-state index contributed by atoms with van der Waals surface area (Å²) in [6, 6.07) is 7.02. The zero-order valence-corrected chi connectivity index (χ0v) is 18.4. The van der Waals surface area contributed by atoms with Crippen LogP contribution in [0.1, 0.15) is 10.4 Å². The Kier molecular flexibility index (Phi) is 7.02. The van der Waals surface area contributed by atoms with Gasteiger partial charge in [0.2, 0.25) is 0 Å². The Morgan fingerprint density at radius 3 is 2.86 bits per heavy atom. The van der Waals surface area contributed by atoms with Crippen LogP contribution in [0.25, 0.3) is 11.0 Å². The Hall–Kier alpha value is -2.26. The number of nitrogens with one attached hydrogen (secondary N) is 2. The molecular weight excluding hydrogens is 483 g/mol. The van der Waals surface area contributed by atoms with Crippen molar-refractivity contribution < 1.29 is 14.4 Å². The van der Waals surface area contributed by atoms with Crippen molar-refractivity contribution in [2.75, 3.05) is 18.5 Å². The molecule has 0 radical (unpaired) electrons. The lowest BCUT2D eigenvalue weighted by Crippen LogP contribution is -2.26. The van der Waals surface area contributed by atoms with Gasteiger partial charge >= 0.3 is 0 Å². The minimum Gasteiger partial charge on any atom is -0.499 e. The highest BCUT2D eigenvalue weighted by Gasteiger charge is 2.21. The standard InChI is InChI=1S/C19H17BrCl2N4O3/c1-3-28-6-7-29-25-19(27)12-9-15-18(23-10-26(15)2)16(22)17(12)24-14-5-4-11(20)8-13(14)21/h3-5,8-10,24H,1,6-7H2,2H3,(H,25,27). The van der Waals surface area contributed by atoms with Crippen LogP contribution in [0.15, 0.2) is 47.9 Å². The van der Waals surface area contributed by atoms with Gasteiger partial charge < -0.3 is 14.6 Å². The Bertz CT molecular complexity index is 1070. The molecule has 0 aliphatic heterocycles. The number of amides is 1. The van der Waals surface area contributed by atoms with E-state index in [0.29, 0.717) is 32.5 Å². The molecule has 0 fully saturated rings. The van der Waals surface area contributed by atoms with Crippen molar-refractivity contribution in [1.29, 1.82) is 0 Å². The Morgan fingerprint density at radius 1 is 1.34 bits per heavy atom. The van der Waals surface area contributed by atoms with E-state index in [1.807, 2.05) is 13.1 Å². The van der Waals surface area contributed by atoms with Gasteiger partial charge in [-0.1, -0.05) is 45.7 Å². The van der Waals surface area contributed by atoms with Crippen molar-refractivity contribution in [3.63, 3.8) is 0 Å². The minimum atomic E-state index is -0.482. The number of ether oxygens (including phenoxy) is 1. The van der Waals surface area contributed by atoms with Crippen LogP contribution >= 0.6 is 39.1 Å². The number of hydrogen-bond acceptors (Lipinski definition) is 5. The maximum absolute atomic E-state index is 12.8. The molecule has 3 rings (SSSR count). The number of aromatic nitrogens is 2. The van der Waals surface area contributed by atoms with E-state index in [4.69, 9.17) is 32.8 Å². The second-order valence-corrected chi connectivity index (χ2v) is 7.60. The van der Waals surface area contributed by atoms with Gasteiger partial charge in [0, 0.05) is 11.5 Å². The Labute approximate surface area is 185 Å². The number of anilines is 2. The maximum Gasteiger partial charge on any atom is 0.277 e.